The number of rotatable bonds is 6. The molecule has 1 saturated heterocycles. The van der Waals surface area contributed by atoms with Crippen molar-refractivity contribution >= 4 is 16.8 Å². The molecular formula is C25H24N4O4. The summed E-state index contributed by atoms with van der Waals surface area (Å²) < 4.78 is 6.70. The fraction of sp³-hybridized carbons (Fsp3) is 0.240. The van der Waals surface area contributed by atoms with Crippen LogP contribution in [0, 0.1) is 0 Å². The molecule has 2 aromatic carbocycles. The summed E-state index contributed by atoms with van der Waals surface area (Å²) in [4.78, 5) is 43.5. The Hall–Kier alpha value is -3.91. The van der Waals surface area contributed by atoms with Gasteiger partial charge in [0, 0.05) is 12.1 Å². The molecule has 1 aliphatic heterocycles. The Labute approximate surface area is 189 Å². The van der Waals surface area contributed by atoms with E-state index in [-0.39, 0.29) is 11.9 Å². The second-order valence-corrected chi connectivity index (χ2v) is 8.15. The summed E-state index contributed by atoms with van der Waals surface area (Å²) in [5.41, 5.74) is 0.196. The van der Waals surface area contributed by atoms with E-state index in [9.17, 15) is 14.4 Å². The highest BCUT2D eigenvalue weighted by molar-refractivity contribution is 5.97. The number of nitrogens with zero attached hydrogens (tertiary/aromatic N) is 2. The highest BCUT2D eigenvalue weighted by atomic mass is 16.3. The molecule has 1 aliphatic rings. The Kier molecular flexibility index (Phi) is 5.66. The molecule has 1 amide bonds. The standard InChI is InChI=1S/C25H24N4O4/c30-23(26-16-21(22-9-6-14-33-22)28-12-4-5-13-28)17-10-11-19-20(15-17)27-25(32)29(24(19)31)18-7-2-1-3-8-18/h1-3,6-11,14-15,21H,4-5,12-13,16H2,(H,26,30)(H,27,32). The van der Waals surface area contributed by atoms with Gasteiger partial charge in [-0.15, -0.1) is 0 Å². The predicted octanol–water partition coefficient (Wildman–Crippen LogP) is 2.84. The summed E-state index contributed by atoms with van der Waals surface area (Å²) in [7, 11) is 0. The fourth-order valence-corrected chi connectivity index (χ4v) is 4.41. The van der Waals surface area contributed by atoms with Crippen LogP contribution < -0.4 is 16.6 Å². The van der Waals surface area contributed by atoms with Gasteiger partial charge in [0.1, 0.15) is 5.76 Å². The second-order valence-electron chi connectivity index (χ2n) is 8.15. The lowest BCUT2D eigenvalue weighted by atomic mass is 10.1. The molecule has 33 heavy (non-hydrogen) atoms. The molecule has 0 radical (unpaired) electrons. The maximum absolute atomic E-state index is 13.0. The largest absolute Gasteiger partial charge is 0.468 e. The van der Waals surface area contributed by atoms with Gasteiger partial charge in [-0.3, -0.25) is 14.5 Å². The number of likely N-dealkylation sites (tertiary alicyclic amines) is 1. The molecule has 4 aromatic rings. The average molecular weight is 444 g/mol. The third kappa shape index (κ3) is 4.12. The number of carbonyl (C=O) groups excluding carboxylic acids is 1. The number of para-hydroxylation sites is 1. The number of carbonyl (C=O) groups is 1. The van der Waals surface area contributed by atoms with Crippen LogP contribution in [0.4, 0.5) is 0 Å². The number of hydrogen-bond donors (Lipinski definition) is 2. The van der Waals surface area contributed by atoms with Gasteiger partial charge in [-0.2, -0.15) is 0 Å². The molecule has 0 saturated carbocycles. The summed E-state index contributed by atoms with van der Waals surface area (Å²) in [5.74, 6) is 0.544. The Morgan fingerprint density at radius 3 is 2.55 bits per heavy atom. The first-order chi connectivity index (χ1) is 16.1. The van der Waals surface area contributed by atoms with Crippen LogP contribution in [0.1, 0.15) is 35.0 Å². The first-order valence-corrected chi connectivity index (χ1v) is 11.0. The Bertz CT molecular complexity index is 1380. The molecule has 2 aromatic heterocycles. The van der Waals surface area contributed by atoms with Crippen molar-refractivity contribution in [1.82, 2.24) is 19.8 Å². The minimum Gasteiger partial charge on any atom is -0.468 e. The number of aromatic amines is 1. The lowest BCUT2D eigenvalue weighted by Crippen LogP contribution is -2.36. The van der Waals surface area contributed by atoms with Crippen molar-refractivity contribution in [3.8, 4) is 5.69 Å². The molecule has 2 N–H and O–H groups in total. The van der Waals surface area contributed by atoms with Crippen LogP contribution in [-0.4, -0.2) is 40.0 Å². The number of nitrogens with one attached hydrogen (secondary N) is 2. The summed E-state index contributed by atoms with van der Waals surface area (Å²) >= 11 is 0. The molecule has 0 aliphatic carbocycles. The van der Waals surface area contributed by atoms with Crippen LogP contribution in [0.15, 0.2) is 80.9 Å². The summed E-state index contributed by atoms with van der Waals surface area (Å²) in [6.07, 6.45) is 3.90. The average Bonchev–Trinajstić information content (AvgIpc) is 3.55. The number of hydrogen-bond acceptors (Lipinski definition) is 5. The van der Waals surface area contributed by atoms with E-state index in [4.69, 9.17) is 4.42 Å². The van der Waals surface area contributed by atoms with Gasteiger partial charge < -0.3 is 14.7 Å². The van der Waals surface area contributed by atoms with Crippen molar-refractivity contribution in [2.24, 2.45) is 0 Å². The van der Waals surface area contributed by atoms with Gasteiger partial charge >= 0.3 is 5.69 Å². The third-order valence-electron chi connectivity index (χ3n) is 6.08. The van der Waals surface area contributed by atoms with Crippen molar-refractivity contribution in [1.29, 1.82) is 0 Å². The van der Waals surface area contributed by atoms with Crippen LogP contribution in [-0.2, 0) is 0 Å². The van der Waals surface area contributed by atoms with Gasteiger partial charge in [0.2, 0.25) is 0 Å². The van der Waals surface area contributed by atoms with Gasteiger partial charge in [0.05, 0.1) is 28.9 Å². The van der Waals surface area contributed by atoms with E-state index >= 15 is 0 Å². The number of aromatic nitrogens is 2. The van der Waals surface area contributed by atoms with Crippen LogP contribution in [0.5, 0.6) is 0 Å². The molecule has 0 bridgehead atoms. The first kappa shape index (κ1) is 21.0. The van der Waals surface area contributed by atoms with Gasteiger partial charge in [0.25, 0.3) is 11.5 Å². The van der Waals surface area contributed by atoms with Crippen LogP contribution in [0.3, 0.4) is 0 Å². The van der Waals surface area contributed by atoms with Crippen molar-refractivity contribution in [3.05, 3.63) is 99.1 Å². The highest BCUT2D eigenvalue weighted by Gasteiger charge is 2.26. The molecule has 3 heterocycles. The van der Waals surface area contributed by atoms with E-state index in [0.717, 1.165) is 36.3 Å². The summed E-state index contributed by atoms with van der Waals surface area (Å²) in [6, 6.07) is 17.2. The lowest BCUT2D eigenvalue weighted by molar-refractivity contribution is 0.0934. The number of furan rings is 1. The normalized spacial score (nSPS) is 15.0. The summed E-state index contributed by atoms with van der Waals surface area (Å²) in [5, 5.41) is 3.31. The van der Waals surface area contributed by atoms with Gasteiger partial charge in [0.15, 0.2) is 0 Å². The van der Waals surface area contributed by atoms with E-state index in [1.165, 1.54) is 0 Å². The fourth-order valence-electron chi connectivity index (χ4n) is 4.41. The monoisotopic (exact) mass is 444 g/mol. The van der Waals surface area contributed by atoms with Crippen molar-refractivity contribution in [3.63, 3.8) is 0 Å². The maximum atomic E-state index is 13.0. The van der Waals surface area contributed by atoms with E-state index < -0.39 is 11.2 Å². The minimum absolute atomic E-state index is 0.0372. The maximum Gasteiger partial charge on any atom is 0.333 e. The molecule has 1 atom stereocenters. The SMILES string of the molecule is O=C(NCC(c1ccco1)N1CCCC1)c1ccc2c(=O)n(-c3ccccc3)c(=O)[nH]c2c1. The molecule has 1 unspecified atom stereocenters. The minimum atomic E-state index is -0.553. The topological polar surface area (TPSA) is 100 Å². The third-order valence-corrected chi connectivity index (χ3v) is 6.08. The van der Waals surface area contributed by atoms with E-state index in [1.807, 2.05) is 18.2 Å². The smallest absolute Gasteiger partial charge is 0.333 e. The van der Waals surface area contributed by atoms with Crippen LogP contribution in [0.2, 0.25) is 0 Å². The highest BCUT2D eigenvalue weighted by Crippen LogP contribution is 2.25. The molecule has 8 heteroatoms. The Morgan fingerprint density at radius 1 is 1.03 bits per heavy atom. The number of fused-ring (bicyclic) bond motifs is 1. The van der Waals surface area contributed by atoms with Gasteiger partial charge in [-0.1, -0.05) is 18.2 Å². The molecule has 1 fully saturated rings. The lowest BCUT2D eigenvalue weighted by Gasteiger charge is -2.26. The van der Waals surface area contributed by atoms with E-state index in [2.05, 4.69) is 15.2 Å². The van der Waals surface area contributed by atoms with Gasteiger partial charge in [-0.25, -0.2) is 9.36 Å². The zero-order valence-electron chi connectivity index (χ0n) is 18.0. The number of benzene rings is 2. The van der Waals surface area contributed by atoms with Crippen molar-refractivity contribution in [2.45, 2.75) is 18.9 Å². The Morgan fingerprint density at radius 2 is 1.82 bits per heavy atom. The van der Waals surface area contributed by atoms with Crippen LogP contribution in [0.25, 0.3) is 16.6 Å². The van der Waals surface area contributed by atoms with Crippen molar-refractivity contribution < 1.29 is 9.21 Å². The zero-order chi connectivity index (χ0) is 22.8. The Balaban J connectivity index is 1.40. The number of H-pyrrole nitrogens is 1. The van der Waals surface area contributed by atoms with E-state index in [0.29, 0.717) is 28.7 Å². The second kappa shape index (κ2) is 8.91. The van der Waals surface area contributed by atoms with E-state index in [1.54, 1.807) is 48.7 Å². The predicted molar refractivity (Wildman–Crippen MR) is 125 cm³/mol. The molecule has 168 valence electrons. The molecule has 0 spiro atoms. The molecule has 8 nitrogen and oxygen atoms in total. The van der Waals surface area contributed by atoms with Gasteiger partial charge in [-0.05, 0) is 68.4 Å². The zero-order valence-corrected chi connectivity index (χ0v) is 18.0. The molecule has 5 rings (SSSR count). The van der Waals surface area contributed by atoms with Crippen LogP contribution >= 0.6 is 0 Å². The first-order valence-electron chi connectivity index (χ1n) is 11.0. The summed E-state index contributed by atoms with van der Waals surface area (Å²) in [6.45, 7) is 2.33. The quantitative estimate of drug-likeness (QED) is 0.476. The van der Waals surface area contributed by atoms with Crippen molar-refractivity contribution in [2.75, 3.05) is 19.6 Å². The molecular weight excluding hydrogens is 420 g/mol. The number of amides is 1.